The highest BCUT2D eigenvalue weighted by Crippen LogP contribution is 2.31. The summed E-state index contributed by atoms with van der Waals surface area (Å²) < 4.78 is 26.5. The van der Waals surface area contributed by atoms with E-state index in [0.29, 0.717) is 18.2 Å². The van der Waals surface area contributed by atoms with Crippen LogP contribution in [0.1, 0.15) is 18.4 Å². The molecule has 0 aliphatic heterocycles. The highest BCUT2D eigenvalue weighted by molar-refractivity contribution is 7.89. The lowest BCUT2D eigenvalue weighted by Crippen LogP contribution is -2.33. The molecule has 5 heteroatoms. The minimum absolute atomic E-state index is 0.113. The minimum Gasteiger partial charge on any atom is -0.399 e. The Balaban J connectivity index is 2.32. The summed E-state index contributed by atoms with van der Waals surface area (Å²) in [6, 6.07) is 4.75. The summed E-state index contributed by atoms with van der Waals surface area (Å²) in [7, 11) is -3.52. The van der Waals surface area contributed by atoms with E-state index in [2.05, 4.69) is 5.92 Å². The summed E-state index contributed by atoms with van der Waals surface area (Å²) in [5.74, 6) is 2.88. The fraction of sp³-hybridized carbons (Fsp3) is 0.429. The van der Waals surface area contributed by atoms with Crippen LogP contribution < -0.4 is 5.73 Å². The molecule has 0 unspecified atom stereocenters. The van der Waals surface area contributed by atoms with Crippen LogP contribution in [0.2, 0.25) is 0 Å². The van der Waals surface area contributed by atoms with E-state index < -0.39 is 10.0 Å². The van der Waals surface area contributed by atoms with Crippen molar-refractivity contribution in [3.05, 3.63) is 23.8 Å². The number of nitrogens with zero attached hydrogens (tertiary/aromatic N) is 1. The number of benzene rings is 1. The fourth-order valence-electron chi connectivity index (χ4n) is 1.90. The van der Waals surface area contributed by atoms with Crippen molar-refractivity contribution in [2.75, 3.05) is 18.8 Å². The number of sulfonamides is 1. The summed E-state index contributed by atoms with van der Waals surface area (Å²) in [4.78, 5) is 0.259. The summed E-state index contributed by atoms with van der Waals surface area (Å²) in [6.07, 6.45) is 7.44. The Hall–Kier alpha value is -1.51. The van der Waals surface area contributed by atoms with Gasteiger partial charge in [0.25, 0.3) is 0 Å². The van der Waals surface area contributed by atoms with Gasteiger partial charge < -0.3 is 5.73 Å². The lowest BCUT2D eigenvalue weighted by Gasteiger charge is -2.20. The van der Waals surface area contributed by atoms with Gasteiger partial charge in [0.15, 0.2) is 0 Å². The van der Waals surface area contributed by atoms with Gasteiger partial charge in [0.2, 0.25) is 10.0 Å². The Kier molecular flexibility index (Phi) is 3.83. The molecule has 1 aromatic carbocycles. The molecule has 1 aliphatic rings. The zero-order valence-electron chi connectivity index (χ0n) is 11.0. The third kappa shape index (κ3) is 3.09. The van der Waals surface area contributed by atoms with Gasteiger partial charge >= 0.3 is 0 Å². The van der Waals surface area contributed by atoms with Crippen molar-refractivity contribution in [1.82, 2.24) is 4.31 Å². The number of nitrogens with two attached hydrogens (primary N) is 1. The molecule has 1 aromatic rings. The third-order valence-corrected chi connectivity index (χ3v) is 5.11. The van der Waals surface area contributed by atoms with Crippen molar-refractivity contribution in [2.45, 2.75) is 24.7 Å². The van der Waals surface area contributed by atoms with Gasteiger partial charge in [0.1, 0.15) is 0 Å². The second-order valence-electron chi connectivity index (χ2n) is 4.96. The maximum Gasteiger partial charge on any atom is 0.243 e. The van der Waals surface area contributed by atoms with Gasteiger partial charge in [-0.1, -0.05) is 5.92 Å². The summed E-state index contributed by atoms with van der Waals surface area (Å²) in [5, 5.41) is 0. The van der Waals surface area contributed by atoms with Crippen LogP contribution in [0.25, 0.3) is 0 Å². The van der Waals surface area contributed by atoms with E-state index in [-0.39, 0.29) is 11.4 Å². The molecule has 4 nitrogen and oxygen atoms in total. The molecule has 2 rings (SSSR count). The number of hydrogen-bond donors (Lipinski definition) is 1. The number of rotatable bonds is 5. The second kappa shape index (κ2) is 5.24. The molecular formula is C14H18N2O2S. The van der Waals surface area contributed by atoms with Crippen molar-refractivity contribution in [3.8, 4) is 12.3 Å². The van der Waals surface area contributed by atoms with Crippen molar-refractivity contribution < 1.29 is 8.42 Å². The number of aryl methyl sites for hydroxylation is 1. The van der Waals surface area contributed by atoms with Crippen LogP contribution in [-0.2, 0) is 10.0 Å². The first-order chi connectivity index (χ1) is 8.95. The number of hydrogen-bond acceptors (Lipinski definition) is 3. The maximum absolute atomic E-state index is 12.5. The molecule has 0 amide bonds. The van der Waals surface area contributed by atoms with Gasteiger partial charge in [0.05, 0.1) is 11.4 Å². The number of anilines is 1. The quantitative estimate of drug-likeness (QED) is 0.657. The first-order valence-corrected chi connectivity index (χ1v) is 7.69. The minimum atomic E-state index is -3.52. The Bertz CT molecular complexity index is 613. The molecule has 0 aromatic heterocycles. The predicted molar refractivity (Wildman–Crippen MR) is 75.9 cm³/mol. The fourth-order valence-corrected chi connectivity index (χ4v) is 3.41. The van der Waals surface area contributed by atoms with E-state index in [4.69, 9.17) is 12.2 Å². The van der Waals surface area contributed by atoms with Gasteiger partial charge in [0, 0.05) is 12.2 Å². The molecule has 1 aliphatic carbocycles. The average molecular weight is 278 g/mol. The van der Waals surface area contributed by atoms with Gasteiger partial charge in [-0.15, -0.1) is 6.42 Å². The van der Waals surface area contributed by atoms with Crippen LogP contribution >= 0.6 is 0 Å². The summed E-state index contributed by atoms with van der Waals surface area (Å²) in [5.41, 5.74) is 7.06. The third-order valence-electron chi connectivity index (χ3n) is 3.31. The van der Waals surface area contributed by atoms with Crippen LogP contribution in [0.5, 0.6) is 0 Å². The molecule has 0 radical (unpaired) electrons. The van der Waals surface area contributed by atoms with E-state index in [1.54, 1.807) is 19.1 Å². The van der Waals surface area contributed by atoms with E-state index in [9.17, 15) is 8.42 Å². The van der Waals surface area contributed by atoms with Gasteiger partial charge in [-0.05, 0) is 49.4 Å². The molecule has 0 atom stereocenters. The topological polar surface area (TPSA) is 63.4 Å². The number of terminal acetylenes is 1. The SMILES string of the molecule is C#CCN(CC1CC1)S(=O)(=O)c1ccc(N)c(C)c1. The Morgan fingerprint density at radius 3 is 2.68 bits per heavy atom. The smallest absolute Gasteiger partial charge is 0.243 e. The molecule has 1 fully saturated rings. The van der Waals surface area contributed by atoms with Crippen LogP contribution in [0.4, 0.5) is 5.69 Å². The van der Waals surface area contributed by atoms with Crippen LogP contribution in [0, 0.1) is 25.2 Å². The van der Waals surface area contributed by atoms with E-state index in [1.807, 2.05) is 0 Å². The lowest BCUT2D eigenvalue weighted by molar-refractivity contribution is 0.430. The molecule has 0 bridgehead atoms. The number of nitrogen functional groups attached to an aromatic ring is 1. The van der Waals surface area contributed by atoms with Gasteiger partial charge in [-0.2, -0.15) is 4.31 Å². The normalized spacial score (nSPS) is 15.4. The van der Waals surface area contributed by atoms with Crippen molar-refractivity contribution in [3.63, 3.8) is 0 Å². The Morgan fingerprint density at radius 2 is 2.16 bits per heavy atom. The molecule has 0 saturated heterocycles. The van der Waals surface area contributed by atoms with Crippen molar-refractivity contribution in [1.29, 1.82) is 0 Å². The zero-order valence-corrected chi connectivity index (χ0v) is 11.8. The first kappa shape index (κ1) is 13.9. The average Bonchev–Trinajstić information content (AvgIpc) is 3.16. The van der Waals surface area contributed by atoms with E-state index in [1.165, 1.54) is 10.4 Å². The highest BCUT2D eigenvalue weighted by Gasteiger charge is 2.31. The lowest BCUT2D eigenvalue weighted by atomic mass is 10.2. The summed E-state index contributed by atoms with van der Waals surface area (Å²) >= 11 is 0. The van der Waals surface area contributed by atoms with Gasteiger partial charge in [-0.3, -0.25) is 0 Å². The molecule has 2 N–H and O–H groups in total. The second-order valence-corrected chi connectivity index (χ2v) is 6.90. The monoisotopic (exact) mass is 278 g/mol. The van der Waals surface area contributed by atoms with Crippen molar-refractivity contribution >= 4 is 15.7 Å². The van der Waals surface area contributed by atoms with Gasteiger partial charge in [-0.25, -0.2) is 8.42 Å². The van der Waals surface area contributed by atoms with Crippen LogP contribution in [0.3, 0.4) is 0 Å². The molecule has 1 saturated carbocycles. The molecule has 0 spiro atoms. The maximum atomic E-state index is 12.5. The van der Waals surface area contributed by atoms with Crippen molar-refractivity contribution in [2.24, 2.45) is 5.92 Å². The molecule has 0 heterocycles. The highest BCUT2D eigenvalue weighted by atomic mass is 32.2. The Morgan fingerprint density at radius 1 is 1.47 bits per heavy atom. The Labute approximate surface area is 114 Å². The predicted octanol–water partition coefficient (Wildman–Crippen LogP) is 1.61. The summed E-state index contributed by atoms with van der Waals surface area (Å²) in [6.45, 7) is 2.42. The zero-order chi connectivity index (χ0) is 14.0. The molecule has 19 heavy (non-hydrogen) atoms. The molecular weight excluding hydrogens is 260 g/mol. The van der Waals surface area contributed by atoms with E-state index >= 15 is 0 Å². The van der Waals surface area contributed by atoms with Crippen LogP contribution in [-0.4, -0.2) is 25.8 Å². The van der Waals surface area contributed by atoms with E-state index in [0.717, 1.165) is 18.4 Å². The van der Waals surface area contributed by atoms with Crippen LogP contribution in [0.15, 0.2) is 23.1 Å². The molecule has 102 valence electrons. The first-order valence-electron chi connectivity index (χ1n) is 6.25. The standard InChI is InChI=1S/C14H18N2O2S/c1-3-8-16(10-12-4-5-12)19(17,18)13-6-7-14(15)11(2)9-13/h1,6-7,9,12H,4-5,8,10,15H2,2H3. The largest absolute Gasteiger partial charge is 0.399 e.